The number of hydrogen-bond donors (Lipinski definition) is 0. The van der Waals surface area contributed by atoms with Gasteiger partial charge in [0, 0.05) is 23.6 Å². The van der Waals surface area contributed by atoms with Crippen molar-refractivity contribution in [1.82, 2.24) is 0 Å². The second kappa shape index (κ2) is 17.1. The van der Waals surface area contributed by atoms with E-state index in [4.69, 9.17) is 11.6 Å². The first-order chi connectivity index (χ1) is 28.1. The van der Waals surface area contributed by atoms with Crippen LogP contribution in [0.25, 0.3) is 0 Å². The highest BCUT2D eigenvalue weighted by molar-refractivity contribution is 7.20. The zero-order chi connectivity index (χ0) is 44.9. The van der Waals surface area contributed by atoms with Gasteiger partial charge in [-0.25, -0.2) is 92.4 Å². The average Bonchev–Trinajstić information content (AvgIpc) is 3.24. The molecule has 5 aromatic carbocycles. The molecule has 60 heavy (non-hydrogen) atoms. The van der Waals surface area contributed by atoms with Crippen LogP contribution in [0.15, 0.2) is 54.9 Å². The van der Waals surface area contributed by atoms with Crippen molar-refractivity contribution < 1.29 is 92.4 Å². The third kappa shape index (κ3) is 7.17. The highest BCUT2D eigenvalue weighted by Crippen LogP contribution is 2.30. The molecule has 0 saturated carbocycles. The molecule has 316 valence electrons. The van der Waals surface area contributed by atoms with Crippen molar-refractivity contribution in [2.24, 2.45) is 0 Å². The van der Waals surface area contributed by atoms with Crippen molar-refractivity contribution in [3.63, 3.8) is 0 Å². The second-order valence-corrected chi connectivity index (χ2v) is 12.6. The highest BCUT2D eigenvalue weighted by atomic mass is 35.5. The molecule has 0 amide bonds. The number of rotatable bonds is 7. The predicted molar refractivity (Wildman–Crippen MR) is 171 cm³/mol. The van der Waals surface area contributed by atoms with E-state index in [1.807, 2.05) is 6.07 Å². The van der Waals surface area contributed by atoms with Gasteiger partial charge in [-0.2, -0.15) is 0 Å². The number of halogens is 21. The van der Waals surface area contributed by atoms with E-state index in [0.29, 0.717) is 5.88 Å². The van der Waals surface area contributed by atoms with Crippen LogP contribution in [-0.4, -0.2) is 6.15 Å². The molecule has 1 aromatic heterocycles. The molecule has 0 spiro atoms. The first-order valence-corrected chi connectivity index (χ1v) is 16.4. The minimum absolute atomic E-state index is 0.576. The highest BCUT2D eigenvalue weighted by Gasteiger charge is 2.52. The van der Waals surface area contributed by atoms with Crippen molar-refractivity contribution >= 4 is 39.6 Å². The molecule has 0 radical (unpaired) electrons. The van der Waals surface area contributed by atoms with Crippen LogP contribution in [0.2, 0.25) is 0 Å². The largest absolute Gasteiger partial charge is 0.207 e. The summed E-state index contributed by atoms with van der Waals surface area (Å²) in [6.45, 7) is 0.906. The number of benzene rings is 5. The Labute approximate surface area is 326 Å². The van der Waals surface area contributed by atoms with Gasteiger partial charge in [0.1, 0.15) is 52.7 Å². The Morgan fingerprint density at radius 3 is 0.783 bits per heavy atom. The van der Waals surface area contributed by atoms with E-state index in [1.54, 1.807) is 0 Å². The Morgan fingerprint density at radius 2 is 0.550 bits per heavy atom. The molecule has 23 heteroatoms. The quantitative estimate of drug-likeness (QED) is 0.0378. The monoisotopic (exact) mass is 897 g/mol. The van der Waals surface area contributed by atoms with Crippen molar-refractivity contribution in [2.75, 3.05) is 0 Å². The van der Waals surface area contributed by atoms with Crippen molar-refractivity contribution in [1.29, 1.82) is 0 Å². The molecule has 0 atom stereocenters. The van der Waals surface area contributed by atoms with Crippen LogP contribution in [0.4, 0.5) is 87.8 Å². The van der Waals surface area contributed by atoms with Gasteiger partial charge in [0.15, 0.2) is 88.7 Å². The van der Waals surface area contributed by atoms with Gasteiger partial charge < -0.3 is 0 Å². The van der Waals surface area contributed by atoms with E-state index < -0.39 is 144 Å². The molecule has 0 aliphatic heterocycles. The number of pyridine rings is 1. The van der Waals surface area contributed by atoms with Crippen molar-refractivity contribution in [2.45, 2.75) is 12.4 Å². The topological polar surface area (TPSA) is 3.88 Å². The third-order valence-corrected chi connectivity index (χ3v) is 9.34. The van der Waals surface area contributed by atoms with Crippen molar-refractivity contribution in [3.05, 3.63) is 182 Å². The number of hydrogen-bond acceptors (Lipinski definition) is 0. The van der Waals surface area contributed by atoms with E-state index in [1.165, 1.54) is 5.56 Å². The van der Waals surface area contributed by atoms with Crippen LogP contribution in [-0.2, 0) is 12.4 Å². The molecular weight excluding hydrogens is 885 g/mol. The lowest BCUT2D eigenvalue weighted by molar-refractivity contribution is -0.688. The fourth-order valence-electron chi connectivity index (χ4n) is 6.35. The Bertz CT molecular complexity index is 2280. The fraction of sp³-hybridized carbons (Fsp3) is 0.0541. The minimum Gasteiger partial charge on any atom is -0.207 e. The van der Waals surface area contributed by atoms with Crippen LogP contribution in [0.5, 0.6) is 0 Å². The van der Waals surface area contributed by atoms with Crippen LogP contribution < -0.4 is 26.4 Å². The van der Waals surface area contributed by atoms with Crippen LogP contribution in [0, 0.1) is 116 Å². The summed E-state index contributed by atoms with van der Waals surface area (Å²) in [6.07, 6.45) is -3.10. The van der Waals surface area contributed by atoms with Gasteiger partial charge in [-0.15, -0.1) is 33.5 Å². The molecule has 0 aliphatic carbocycles. The third-order valence-electron chi connectivity index (χ3n) is 9.03. The minimum atomic E-state index is -7.22. The van der Waals surface area contributed by atoms with Gasteiger partial charge in [-0.1, -0.05) is 30.3 Å². The Morgan fingerprint density at radius 1 is 0.317 bits per heavy atom. The van der Waals surface area contributed by atoms with E-state index in [0.717, 1.165) is 12.1 Å². The molecule has 6 rings (SSSR count). The van der Waals surface area contributed by atoms with Gasteiger partial charge in [0.05, 0.1) is 0 Å². The van der Waals surface area contributed by atoms with E-state index in [-0.39, 0.29) is 0 Å². The average molecular weight is 898 g/mol. The van der Waals surface area contributed by atoms with E-state index in [2.05, 4.69) is 53.4 Å². The Kier molecular flexibility index (Phi) is 12.9. The zero-order valence-electron chi connectivity index (χ0n) is 28.6. The summed E-state index contributed by atoms with van der Waals surface area (Å²) in [5, 5.41) is 0. The molecule has 0 fully saturated rings. The summed E-state index contributed by atoms with van der Waals surface area (Å²) in [5.41, 5.74) is -11.9. The number of aromatic nitrogens is 1. The maximum Gasteiger partial charge on any atom is 0.200 e. The van der Waals surface area contributed by atoms with Gasteiger partial charge in [-0.05, 0) is 5.56 Å². The number of nitrogens with zero attached hydrogens (tertiary/aromatic N) is 1. The first-order valence-electron chi connectivity index (χ1n) is 15.9. The Hall–Kier alpha value is -5.80. The molecule has 6 aromatic rings. The van der Waals surface area contributed by atoms with Crippen LogP contribution in [0.3, 0.4) is 0 Å². The lowest BCUT2D eigenvalue weighted by Gasteiger charge is -2.44. The maximum absolute atomic E-state index is 15.4. The standard InChI is InChI=1S/C24BF20.C13H13ClN/c26-5-1(6(27)14(35)21(42)13(5)34)25(2-7(28)15(36)22(43)16(37)8(2)29,3-9(30)17(38)23(44)18(39)10(3)31)4-11(32)19(40)24(45)20(41)12(4)33;14-10-12-6-8-15(9-7-12)11-13-4-2-1-3-5-13/h;1-9H,10-11H2/q-1;+1. The van der Waals surface area contributed by atoms with E-state index in [9.17, 15) is 52.7 Å². The molecule has 0 bridgehead atoms. The lowest BCUT2D eigenvalue weighted by Crippen LogP contribution is -2.81. The normalized spacial score (nSPS) is 11.6. The van der Waals surface area contributed by atoms with Gasteiger partial charge in [0.2, 0.25) is 0 Å². The van der Waals surface area contributed by atoms with Gasteiger partial charge in [0.25, 0.3) is 0 Å². The lowest BCUT2D eigenvalue weighted by atomic mass is 9.12. The Balaban J connectivity index is 0.000000379. The molecule has 1 nitrogen and oxygen atoms in total. The molecule has 0 N–H and O–H groups in total. The van der Waals surface area contributed by atoms with Gasteiger partial charge in [-0.3, -0.25) is 0 Å². The molecule has 1 heterocycles. The van der Waals surface area contributed by atoms with Gasteiger partial charge >= 0.3 is 0 Å². The first kappa shape index (κ1) is 45.3. The number of alkyl halides is 1. The molecule has 0 saturated heterocycles. The van der Waals surface area contributed by atoms with Crippen molar-refractivity contribution in [3.8, 4) is 0 Å². The fourth-order valence-corrected chi connectivity index (χ4v) is 6.53. The summed E-state index contributed by atoms with van der Waals surface area (Å²) in [5.74, 6) is -70.8. The summed E-state index contributed by atoms with van der Waals surface area (Å²) < 4.78 is 296. The van der Waals surface area contributed by atoms with E-state index >= 15 is 35.1 Å². The predicted octanol–water partition coefficient (Wildman–Crippen LogP) is 8.61. The molecular formula is C37H13BClF20N. The summed E-state index contributed by atoms with van der Waals surface area (Å²) in [6, 6.07) is 14.5. The second-order valence-electron chi connectivity index (χ2n) is 12.3. The SMILES string of the molecule is ClCc1cc[n+](Cc2ccccc2)cc1.Fc1c(F)c(F)c([B-](c2c(F)c(F)c(F)c(F)c2F)(c2c(F)c(F)c(F)c(F)c2F)c2c(F)c(F)c(F)c(F)c2F)c(F)c1F. The smallest absolute Gasteiger partial charge is 0.200 e. The molecule has 0 unspecified atom stereocenters. The molecule has 0 aliphatic rings. The summed E-state index contributed by atoms with van der Waals surface area (Å²) in [7, 11) is 0. The maximum atomic E-state index is 15.4. The summed E-state index contributed by atoms with van der Waals surface area (Å²) in [4.78, 5) is 0. The zero-order valence-corrected chi connectivity index (χ0v) is 29.3. The van der Waals surface area contributed by atoms with Crippen LogP contribution >= 0.6 is 11.6 Å². The van der Waals surface area contributed by atoms with Crippen LogP contribution in [0.1, 0.15) is 11.1 Å². The summed E-state index contributed by atoms with van der Waals surface area (Å²) >= 11 is 5.73.